The van der Waals surface area contributed by atoms with E-state index in [2.05, 4.69) is 9.97 Å². The number of nitrogens with two attached hydrogens (primary N) is 1. The van der Waals surface area contributed by atoms with E-state index in [1.165, 1.54) is 17.8 Å². The van der Waals surface area contributed by atoms with Crippen LogP contribution in [0.5, 0.6) is 0 Å². The summed E-state index contributed by atoms with van der Waals surface area (Å²) in [5.74, 6) is 0. The Kier molecular flexibility index (Phi) is 3.50. The van der Waals surface area contributed by atoms with Crippen molar-refractivity contribution >= 4 is 11.8 Å². The van der Waals surface area contributed by atoms with Crippen LogP contribution in [0.3, 0.4) is 0 Å². The SMILES string of the molecule is CCC(N)c1cc(=O)[nH]c(SC)n1. The molecule has 13 heavy (non-hydrogen) atoms. The van der Waals surface area contributed by atoms with Crippen LogP contribution >= 0.6 is 11.8 Å². The van der Waals surface area contributed by atoms with E-state index in [1.54, 1.807) is 0 Å². The number of aromatic amines is 1. The standard InChI is InChI=1S/C8H13N3OS/c1-3-5(9)6-4-7(12)11-8(10-6)13-2/h4-5H,3,9H2,1-2H3,(H,10,11,12). The zero-order valence-corrected chi connectivity index (χ0v) is 8.52. The fourth-order valence-electron chi connectivity index (χ4n) is 0.949. The summed E-state index contributed by atoms with van der Waals surface area (Å²) in [5, 5.41) is 0.617. The predicted octanol–water partition coefficient (Wildman–Crippen LogP) is 0.902. The molecule has 0 saturated carbocycles. The zero-order valence-electron chi connectivity index (χ0n) is 7.70. The minimum absolute atomic E-state index is 0.141. The van der Waals surface area contributed by atoms with Crippen LogP contribution in [0, 0.1) is 0 Å². The molecule has 0 bridgehead atoms. The highest BCUT2D eigenvalue weighted by Gasteiger charge is 2.06. The van der Waals surface area contributed by atoms with Gasteiger partial charge in [-0.25, -0.2) is 4.98 Å². The molecule has 1 heterocycles. The molecule has 1 aromatic heterocycles. The lowest BCUT2D eigenvalue weighted by Crippen LogP contribution is -2.17. The Morgan fingerprint density at radius 1 is 1.77 bits per heavy atom. The lowest BCUT2D eigenvalue weighted by molar-refractivity contribution is 0.656. The maximum Gasteiger partial charge on any atom is 0.251 e. The Balaban J connectivity index is 3.08. The Bertz CT molecular complexity index is 336. The van der Waals surface area contributed by atoms with Gasteiger partial charge in [0.05, 0.1) is 5.69 Å². The highest BCUT2D eigenvalue weighted by molar-refractivity contribution is 7.98. The summed E-state index contributed by atoms with van der Waals surface area (Å²) in [7, 11) is 0. The predicted molar refractivity (Wildman–Crippen MR) is 53.9 cm³/mol. The third kappa shape index (κ3) is 2.57. The fraction of sp³-hybridized carbons (Fsp3) is 0.500. The van der Waals surface area contributed by atoms with Gasteiger partial charge in [0.1, 0.15) is 0 Å². The Morgan fingerprint density at radius 2 is 2.46 bits per heavy atom. The summed E-state index contributed by atoms with van der Waals surface area (Å²) < 4.78 is 0. The molecule has 0 aliphatic carbocycles. The first-order chi connectivity index (χ1) is 6.17. The summed E-state index contributed by atoms with van der Waals surface area (Å²) in [6.07, 6.45) is 2.64. The topological polar surface area (TPSA) is 71.8 Å². The molecule has 4 nitrogen and oxygen atoms in total. The first-order valence-electron chi connectivity index (χ1n) is 4.08. The summed E-state index contributed by atoms with van der Waals surface area (Å²) in [5.41, 5.74) is 6.28. The molecule has 5 heteroatoms. The smallest absolute Gasteiger partial charge is 0.251 e. The summed E-state index contributed by atoms with van der Waals surface area (Å²) in [4.78, 5) is 17.9. The lowest BCUT2D eigenvalue weighted by atomic mass is 10.2. The fourth-order valence-corrected chi connectivity index (χ4v) is 1.35. The molecule has 1 atom stereocenters. The molecule has 3 N–H and O–H groups in total. The molecule has 72 valence electrons. The second-order valence-electron chi connectivity index (χ2n) is 2.69. The van der Waals surface area contributed by atoms with Crippen LogP contribution in [-0.2, 0) is 0 Å². The maximum atomic E-state index is 11.1. The Labute approximate surface area is 81.0 Å². The summed E-state index contributed by atoms with van der Waals surface area (Å²) in [6, 6.07) is 1.31. The molecule has 0 radical (unpaired) electrons. The largest absolute Gasteiger partial charge is 0.323 e. The second kappa shape index (κ2) is 4.43. The van der Waals surface area contributed by atoms with Crippen molar-refractivity contribution in [2.75, 3.05) is 6.26 Å². The second-order valence-corrected chi connectivity index (χ2v) is 3.49. The van der Waals surface area contributed by atoms with Gasteiger partial charge in [-0.2, -0.15) is 0 Å². The minimum Gasteiger partial charge on any atom is -0.323 e. The van der Waals surface area contributed by atoms with E-state index in [-0.39, 0.29) is 11.6 Å². The van der Waals surface area contributed by atoms with Gasteiger partial charge in [-0.1, -0.05) is 18.7 Å². The van der Waals surface area contributed by atoms with Crippen molar-refractivity contribution in [3.05, 3.63) is 22.1 Å². The average molecular weight is 199 g/mol. The normalized spacial score (nSPS) is 12.8. The molecule has 1 unspecified atom stereocenters. The molecule has 0 aliphatic heterocycles. The van der Waals surface area contributed by atoms with Gasteiger partial charge >= 0.3 is 0 Å². The number of nitrogens with one attached hydrogen (secondary N) is 1. The lowest BCUT2D eigenvalue weighted by Gasteiger charge is -2.07. The van der Waals surface area contributed by atoms with Crippen LogP contribution in [0.25, 0.3) is 0 Å². The van der Waals surface area contributed by atoms with Crippen LogP contribution in [0.15, 0.2) is 16.0 Å². The molecule has 0 saturated heterocycles. The van der Waals surface area contributed by atoms with E-state index in [9.17, 15) is 4.79 Å². The molecule has 1 aromatic rings. The van der Waals surface area contributed by atoms with Crippen LogP contribution < -0.4 is 11.3 Å². The summed E-state index contributed by atoms with van der Waals surface area (Å²) in [6.45, 7) is 1.96. The van der Waals surface area contributed by atoms with Crippen molar-refractivity contribution in [1.29, 1.82) is 0 Å². The molecule has 0 aliphatic rings. The van der Waals surface area contributed by atoms with Gasteiger partial charge in [0.2, 0.25) is 0 Å². The van der Waals surface area contributed by atoms with E-state index in [1.807, 2.05) is 13.2 Å². The molecule has 0 fully saturated rings. The van der Waals surface area contributed by atoms with Crippen molar-refractivity contribution in [3.8, 4) is 0 Å². The molecule has 1 rings (SSSR count). The van der Waals surface area contributed by atoms with Crippen LogP contribution in [0.1, 0.15) is 25.1 Å². The van der Waals surface area contributed by atoms with Gasteiger partial charge in [0.15, 0.2) is 5.16 Å². The third-order valence-electron chi connectivity index (χ3n) is 1.75. The number of hydrogen-bond donors (Lipinski definition) is 2. The minimum atomic E-state index is -0.145. The van der Waals surface area contributed by atoms with Gasteiger partial charge in [-0.3, -0.25) is 4.79 Å². The van der Waals surface area contributed by atoms with Gasteiger partial charge in [-0.05, 0) is 12.7 Å². The number of hydrogen-bond acceptors (Lipinski definition) is 4. The first kappa shape index (κ1) is 10.3. The van der Waals surface area contributed by atoms with Gasteiger partial charge in [0.25, 0.3) is 5.56 Å². The van der Waals surface area contributed by atoms with Gasteiger partial charge in [-0.15, -0.1) is 0 Å². The monoisotopic (exact) mass is 199 g/mol. The highest BCUT2D eigenvalue weighted by Crippen LogP contribution is 2.12. The van der Waals surface area contributed by atoms with E-state index in [0.29, 0.717) is 10.9 Å². The molecular weight excluding hydrogens is 186 g/mol. The van der Waals surface area contributed by atoms with Crippen LogP contribution in [0.4, 0.5) is 0 Å². The molecular formula is C8H13N3OS. The number of rotatable bonds is 3. The van der Waals surface area contributed by atoms with Crippen molar-refractivity contribution in [2.24, 2.45) is 5.73 Å². The molecule has 0 aromatic carbocycles. The van der Waals surface area contributed by atoms with Crippen molar-refractivity contribution in [3.63, 3.8) is 0 Å². The maximum absolute atomic E-state index is 11.1. The quantitative estimate of drug-likeness (QED) is 0.560. The number of aromatic nitrogens is 2. The van der Waals surface area contributed by atoms with Crippen LogP contribution in [-0.4, -0.2) is 16.2 Å². The highest BCUT2D eigenvalue weighted by atomic mass is 32.2. The van der Waals surface area contributed by atoms with E-state index in [4.69, 9.17) is 5.73 Å². The van der Waals surface area contributed by atoms with Crippen molar-refractivity contribution in [1.82, 2.24) is 9.97 Å². The van der Waals surface area contributed by atoms with E-state index >= 15 is 0 Å². The van der Waals surface area contributed by atoms with Gasteiger partial charge < -0.3 is 10.7 Å². The summed E-state index contributed by atoms with van der Waals surface area (Å²) >= 11 is 1.40. The zero-order chi connectivity index (χ0) is 9.84. The molecule has 0 spiro atoms. The van der Waals surface area contributed by atoms with E-state index in [0.717, 1.165) is 6.42 Å². The number of nitrogens with zero attached hydrogens (tertiary/aromatic N) is 1. The Morgan fingerprint density at radius 3 is 3.00 bits per heavy atom. The number of H-pyrrole nitrogens is 1. The molecule has 0 amide bonds. The number of thioether (sulfide) groups is 1. The van der Waals surface area contributed by atoms with Crippen LogP contribution in [0.2, 0.25) is 0 Å². The van der Waals surface area contributed by atoms with Crippen molar-refractivity contribution in [2.45, 2.75) is 24.5 Å². The Hall–Kier alpha value is -0.810. The average Bonchev–Trinajstić information content (AvgIpc) is 2.15. The third-order valence-corrected chi connectivity index (χ3v) is 2.33. The first-order valence-corrected chi connectivity index (χ1v) is 5.30. The van der Waals surface area contributed by atoms with Crippen molar-refractivity contribution < 1.29 is 0 Å². The van der Waals surface area contributed by atoms with Gasteiger partial charge in [0, 0.05) is 12.1 Å². The van der Waals surface area contributed by atoms with E-state index < -0.39 is 0 Å².